The normalized spacial score (nSPS) is 42.0. The van der Waals surface area contributed by atoms with Crippen LogP contribution in [-0.4, -0.2) is 57.3 Å². The third-order valence-corrected chi connectivity index (χ3v) is 19.2. The lowest BCUT2D eigenvalue weighted by molar-refractivity contribution is -0.189. The van der Waals surface area contributed by atoms with Gasteiger partial charge in [0.05, 0.1) is 0 Å². The third-order valence-electron chi connectivity index (χ3n) is 19.2. The van der Waals surface area contributed by atoms with Crippen LogP contribution in [0.25, 0.3) is 0 Å². The lowest BCUT2D eigenvalue weighted by atomic mass is 9.44. The predicted molar refractivity (Wildman–Crippen MR) is 240 cm³/mol. The minimum Gasteiger partial charge on any atom is -0.481 e. The summed E-state index contributed by atoms with van der Waals surface area (Å²) >= 11 is 0. The van der Waals surface area contributed by atoms with Crippen LogP contribution < -0.4 is 0 Å². The highest BCUT2D eigenvalue weighted by Crippen LogP contribution is 2.70. The minimum absolute atomic E-state index is 0.00469. The smallest absolute Gasteiger partial charge is 0.306 e. The first kappa shape index (κ1) is 49.0. The van der Waals surface area contributed by atoms with Crippen molar-refractivity contribution in [1.29, 1.82) is 0 Å². The van der Waals surface area contributed by atoms with E-state index in [1.54, 1.807) is 13.8 Å². The number of unbranched alkanes of at least 4 members (excludes halogenated alkanes) is 2. The Morgan fingerprint density at radius 3 is 1.67 bits per heavy atom. The van der Waals surface area contributed by atoms with E-state index in [-0.39, 0.29) is 56.7 Å². The maximum atomic E-state index is 13.1. The molecule has 1 N–H and O–H groups in total. The molecule has 13 atom stereocenters. The summed E-state index contributed by atoms with van der Waals surface area (Å²) in [6, 6.07) is 0. The Morgan fingerprint density at radius 2 is 1.13 bits per heavy atom. The summed E-state index contributed by atoms with van der Waals surface area (Å²) in [6.45, 7) is 19.3. The molecule has 0 aliphatic heterocycles. The fraction of sp³-hybridized carbons (Fsp3) is 0.792. The average Bonchev–Trinajstić information content (AvgIpc) is 3.67. The van der Waals surface area contributed by atoms with Crippen molar-refractivity contribution in [3.8, 4) is 0 Å². The van der Waals surface area contributed by atoms with Gasteiger partial charge in [-0.25, -0.2) is 0 Å². The highest BCUT2D eigenvalue weighted by molar-refractivity contribution is 5.93. The Hall–Kier alpha value is -3.43. The van der Waals surface area contributed by atoms with E-state index in [0.717, 1.165) is 96.8 Å². The molecule has 0 amide bonds. The maximum Gasteiger partial charge on any atom is 0.306 e. The van der Waals surface area contributed by atoms with E-state index in [9.17, 15) is 28.8 Å². The van der Waals surface area contributed by atoms with Gasteiger partial charge >= 0.3 is 11.9 Å². The molecule has 0 radical (unpaired) electrons. The summed E-state index contributed by atoms with van der Waals surface area (Å²) in [7, 11) is 0. The van der Waals surface area contributed by atoms with Gasteiger partial charge in [0.1, 0.15) is 0 Å². The SMILES string of the molecule is CC(=O)O.CC(=O)O[C@]1(C(C)=O)CC[C@H]2[C@@H]3C[C@H](C)C4=CC(=O)CC[C@]4(C)[C@H]3CC[C@@]21C.CCCCCC(=O)O[C@@]1(C(C)=O)CCC2C3CCC4=CC(=O)CC[C@]4(C)C3CC[C@@]21C. The zero-order chi connectivity index (χ0) is 46.5. The molecule has 350 valence electrons. The van der Waals surface area contributed by atoms with E-state index in [0.29, 0.717) is 73.5 Å². The molecule has 0 spiro atoms. The zero-order valence-corrected chi connectivity index (χ0v) is 40.3. The Labute approximate surface area is 376 Å². The second-order valence-corrected chi connectivity index (χ2v) is 22.3. The Bertz CT molecular complexity index is 1920. The number of allylic oxidation sites excluding steroid dienone is 2. The second-order valence-electron chi connectivity index (χ2n) is 22.3. The lowest BCUT2D eigenvalue weighted by Crippen LogP contribution is -2.59. The van der Waals surface area contributed by atoms with Crippen LogP contribution in [-0.2, 0) is 43.0 Å². The quantitative estimate of drug-likeness (QED) is 0.184. The number of carboxylic acids is 1. The summed E-state index contributed by atoms with van der Waals surface area (Å²) in [5.74, 6) is 2.65. The summed E-state index contributed by atoms with van der Waals surface area (Å²) in [5.41, 5.74) is 0.478. The van der Waals surface area contributed by atoms with Gasteiger partial charge in [-0.1, -0.05) is 65.5 Å². The van der Waals surface area contributed by atoms with Gasteiger partial charge in [0.25, 0.3) is 5.97 Å². The number of rotatable bonds is 8. The fourth-order valence-electron chi connectivity index (χ4n) is 16.2. The van der Waals surface area contributed by atoms with Crippen LogP contribution in [0.1, 0.15) is 191 Å². The topological polar surface area (TPSA) is 158 Å². The van der Waals surface area contributed by atoms with Crippen molar-refractivity contribution >= 4 is 41.0 Å². The van der Waals surface area contributed by atoms with Crippen LogP contribution in [0, 0.1) is 63.1 Å². The van der Waals surface area contributed by atoms with Gasteiger partial charge < -0.3 is 14.6 Å². The molecule has 8 aliphatic carbocycles. The molecule has 0 aromatic carbocycles. The first-order valence-corrected chi connectivity index (χ1v) is 24.6. The summed E-state index contributed by atoms with van der Waals surface area (Å²) in [6.07, 6.45) is 20.8. The molecule has 0 bridgehead atoms. The average molecular weight is 875 g/mol. The fourth-order valence-corrected chi connectivity index (χ4v) is 16.2. The highest BCUT2D eigenvalue weighted by Gasteiger charge is 2.69. The number of Topliss-reactive ketones (excluding diaryl/α,β-unsaturated/α-hetero) is 2. The minimum atomic E-state index is -0.961. The third kappa shape index (κ3) is 8.27. The molecule has 10 heteroatoms. The van der Waals surface area contributed by atoms with Crippen molar-refractivity contribution in [2.75, 3.05) is 0 Å². The van der Waals surface area contributed by atoms with Crippen LogP contribution in [0.3, 0.4) is 0 Å². The number of fused-ring (bicyclic) bond motifs is 10. The number of aliphatic carboxylic acids is 1. The summed E-state index contributed by atoms with van der Waals surface area (Å²) < 4.78 is 12.0. The van der Waals surface area contributed by atoms with Gasteiger partial charge in [0.15, 0.2) is 34.3 Å². The standard InChI is InChI=1S/C27H40O4.C24H34O4.C2H4O2/c1-5-6-7-8-24(30)31-27(18(2)28)16-13-23-21-10-9-19-17-20(29)11-14-25(19,3)22(21)12-15-26(23,27)4;1-14-12-18-19(22(4)9-6-17(27)13-21(14)22)7-10-23(5)20(18)8-11-24(23,15(2)25)28-16(3)26;1-2(3)4/h17,21-23H,5-16H2,1-4H3;13-14,18-20H,6-12H2,1-5H3;1H3,(H,3,4)/t21?,22?,23?,25-,26-,27+;14-,18+,19-,20-,22+,23-,24-;/m00./s1. The van der Waals surface area contributed by atoms with Crippen LogP contribution in [0.5, 0.6) is 0 Å². The van der Waals surface area contributed by atoms with Gasteiger partial charge in [0.2, 0.25) is 0 Å². The summed E-state index contributed by atoms with van der Waals surface area (Å²) in [4.78, 5) is 83.7. The molecular formula is C53H78O10. The van der Waals surface area contributed by atoms with Gasteiger partial charge in [-0.3, -0.25) is 33.6 Å². The Balaban J connectivity index is 0.000000194. The number of hydrogen-bond acceptors (Lipinski definition) is 9. The molecule has 8 rings (SSSR count). The lowest BCUT2D eigenvalue weighted by Gasteiger charge is -2.60. The van der Waals surface area contributed by atoms with Crippen LogP contribution >= 0.6 is 0 Å². The molecule has 8 aliphatic rings. The van der Waals surface area contributed by atoms with Crippen molar-refractivity contribution in [2.45, 2.75) is 202 Å². The Morgan fingerprint density at radius 1 is 0.635 bits per heavy atom. The van der Waals surface area contributed by atoms with E-state index in [4.69, 9.17) is 19.4 Å². The number of ketones is 4. The number of ether oxygens (including phenoxy) is 2. The largest absolute Gasteiger partial charge is 0.481 e. The van der Waals surface area contributed by atoms with Crippen molar-refractivity contribution in [3.05, 3.63) is 23.3 Å². The van der Waals surface area contributed by atoms with Crippen molar-refractivity contribution < 1.29 is 48.1 Å². The van der Waals surface area contributed by atoms with Crippen LogP contribution in [0.15, 0.2) is 23.3 Å². The maximum absolute atomic E-state index is 13.1. The number of carbonyl (C=O) groups excluding carboxylic acids is 6. The molecule has 0 aromatic rings. The molecule has 0 aromatic heterocycles. The monoisotopic (exact) mass is 875 g/mol. The number of carbonyl (C=O) groups is 7. The van der Waals surface area contributed by atoms with Gasteiger partial charge in [-0.05, 0) is 168 Å². The van der Waals surface area contributed by atoms with Gasteiger partial charge in [-0.2, -0.15) is 0 Å². The molecule has 6 fully saturated rings. The number of carboxylic acid groups (broad SMARTS) is 1. The molecule has 0 saturated heterocycles. The number of hydrogen-bond donors (Lipinski definition) is 1. The first-order chi connectivity index (χ1) is 29.5. The predicted octanol–water partition coefficient (Wildman–Crippen LogP) is 10.7. The van der Waals surface area contributed by atoms with Crippen molar-refractivity contribution in [1.82, 2.24) is 0 Å². The molecule has 6 saturated carbocycles. The Kier molecular flexibility index (Phi) is 14.1. The van der Waals surface area contributed by atoms with Gasteiger partial charge in [-0.15, -0.1) is 0 Å². The second kappa shape index (κ2) is 18.1. The van der Waals surface area contributed by atoms with Gasteiger partial charge in [0, 0.05) is 43.9 Å². The van der Waals surface area contributed by atoms with E-state index in [2.05, 4.69) is 41.5 Å². The molecule has 10 nitrogen and oxygen atoms in total. The summed E-state index contributed by atoms with van der Waals surface area (Å²) in [5, 5.41) is 7.42. The van der Waals surface area contributed by atoms with E-state index in [1.165, 1.54) is 18.1 Å². The van der Waals surface area contributed by atoms with Crippen molar-refractivity contribution in [2.24, 2.45) is 63.1 Å². The molecule has 0 heterocycles. The molecule has 63 heavy (non-hydrogen) atoms. The zero-order valence-electron chi connectivity index (χ0n) is 40.3. The molecular weight excluding hydrogens is 797 g/mol. The van der Waals surface area contributed by atoms with E-state index >= 15 is 0 Å². The van der Waals surface area contributed by atoms with Crippen molar-refractivity contribution in [3.63, 3.8) is 0 Å². The highest BCUT2D eigenvalue weighted by atomic mass is 16.6. The molecule has 3 unspecified atom stereocenters. The van der Waals surface area contributed by atoms with Crippen LogP contribution in [0.2, 0.25) is 0 Å². The first-order valence-electron chi connectivity index (χ1n) is 24.6. The van der Waals surface area contributed by atoms with E-state index < -0.39 is 17.2 Å². The van der Waals surface area contributed by atoms with E-state index in [1.807, 2.05) is 12.2 Å². The number of esters is 2. The van der Waals surface area contributed by atoms with Crippen LogP contribution in [0.4, 0.5) is 0 Å².